The van der Waals surface area contributed by atoms with Crippen molar-refractivity contribution in [2.24, 2.45) is 5.73 Å². The molecule has 1 saturated carbocycles. The van der Waals surface area contributed by atoms with Crippen LogP contribution < -0.4 is 11.1 Å². The van der Waals surface area contributed by atoms with Crippen molar-refractivity contribution in [3.05, 3.63) is 0 Å². The number of nitrogens with one attached hydrogen (secondary N) is 1. The Morgan fingerprint density at radius 3 is 2.46 bits per heavy atom. The first-order chi connectivity index (χ1) is 11.7. The molecule has 0 aliphatic heterocycles. The minimum Gasteiger partial charge on any atom is -0.447 e. The van der Waals surface area contributed by atoms with E-state index in [4.69, 9.17) is 15.3 Å². The van der Waals surface area contributed by atoms with Gasteiger partial charge in [0.1, 0.15) is 13.2 Å². The van der Waals surface area contributed by atoms with Crippen LogP contribution in [0.1, 0.15) is 64.2 Å². The highest BCUT2D eigenvalue weighted by Crippen LogP contribution is 2.24. The molecular formula is C17H33N3O4. The summed E-state index contributed by atoms with van der Waals surface area (Å²) < 4.78 is 4.91. The van der Waals surface area contributed by atoms with E-state index in [0.29, 0.717) is 13.0 Å². The summed E-state index contributed by atoms with van der Waals surface area (Å²) in [6.07, 6.45) is 9.39. The molecular weight excluding hydrogens is 310 g/mol. The molecule has 0 saturated heterocycles. The molecule has 1 aliphatic rings. The molecule has 0 unspecified atom stereocenters. The molecule has 0 spiro atoms. The number of alkyl carbamates (subject to hydrolysis) is 1. The maximum Gasteiger partial charge on any atom is 0.406 e. The van der Waals surface area contributed by atoms with Crippen LogP contribution in [0.5, 0.6) is 0 Å². The highest BCUT2D eigenvalue weighted by atomic mass is 16.7. The largest absolute Gasteiger partial charge is 0.447 e. The second-order valence-corrected chi connectivity index (χ2v) is 6.18. The normalized spacial score (nSPS) is 15.1. The van der Waals surface area contributed by atoms with E-state index in [1.807, 2.05) is 0 Å². The molecule has 0 aromatic heterocycles. The van der Waals surface area contributed by atoms with Crippen LogP contribution in [0.2, 0.25) is 0 Å². The number of rotatable bonds is 11. The number of ether oxygens (including phenoxy) is 1. The Kier molecular flexibility index (Phi) is 11.2. The van der Waals surface area contributed by atoms with Crippen molar-refractivity contribution in [2.75, 3.05) is 26.8 Å². The molecule has 140 valence electrons. The highest BCUT2D eigenvalue weighted by molar-refractivity contribution is 5.75. The van der Waals surface area contributed by atoms with E-state index in [0.717, 1.165) is 51.4 Å². The molecule has 0 radical (unpaired) electrons. The first kappa shape index (κ1) is 20.7. The van der Waals surface area contributed by atoms with E-state index in [-0.39, 0.29) is 25.2 Å². The zero-order chi connectivity index (χ0) is 17.6. The van der Waals surface area contributed by atoms with Crippen LogP contribution in [0.15, 0.2) is 0 Å². The van der Waals surface area contributed by atoms with Crippen molar-refractivity contribution < 1.29 is 19.2 Å². The van der Waals surface area contributed by atoms with Gasteiger partial charge in [0.15, 0.2) is 0 Å². The predicted octanol–water partition coefficient (Wildman–Crippen LogP) is 2.34. The number of hydrogen-bond donors (Lipinski definition) is 2. The number of carbonyl (C=O) groups is 2. The fraction of sp³-hybridized carbons (Fsp3) is 0.882. The molecule has 1 rings (SSSR count). The molecule has 0 bridgehead atoms. The third-order valence-electron chi connectivity index (χ3n) is 4.25. The number of nitrogens with zero attached hydrogens (tertiary/aromatic N) is 1. The molecule has 24 heavy (non-hydrogen) atoms. The maximum atomic E-state index is 12.5. The van der Waals surface area contributed by atoms with Crippen LogP contribution in [-0.2, 0) is 14.4 Å². The van der Waals surface area contributed by atoms with E-state index in [1.54, 1.807) is 5.06 Å². The Morgan fingerprint density at radius 2 is 1.79 bits per heavy atom. The van der Waals surface area contributed by atoms with E-state index in [2.05, 4.69) is 5.32 Å². The Labute approximate surface area is 145 Å². The summed E-state index contributed by atoms with van der Waals surface area (Å²) in [4.78, 5) is 29.2. The van der Waals surface area contributed by atoms with Gasteiger partial charge >= 0.3 is 6.09 Å². The van der Waals surface area contributed by atoms with Gasteiger partial charge in [0.25, 0.3) is 0 Å². The molecule has 7 heteroatoms. The van der Waals surface area contributed by atoms with Gasteiger partial charge in [-0.05, 0) is 32.2 Å². The van der Waals surface area contributed by atoms with Gasteiger partial charge in [0, 0.05) is 13.5 Å². The zero-order valence-corrected chi connectivity index (χ0v) is 14.9. The van der Waals surface area contributed by atoms with Crippen LogP contribution in [-0.4, -0.2) is 49.9 Å². The Hall–Kier alpha value is -1.34. The Bertz CT molecular complexity index is 360. The van der Waals surface area contributed by atoms with E-state index in [1.165, 1.54) is 13.5 Å². The lowest BCUT2D eigenvalue weighted by atomic mass is 9.95. The highest BCUT2D eigenvalue weighted by Gasteiger charge is 2.26. The number of amides is 2. The summed E-state index contributed by atoms with van der Waals surface area (Å²) in [5.41, 5.74) is 5.48. The summed E-state index contributed by atoms with van der Waals surface area (Å²) in [7, 11) is 1.51. The average molecular weight is 343 g/mol. The van der Waals surface area contributed by atoms with Crippen molar-refractivity contribution in [3.63, 3.8) is 0 Å². The molecule has 3 N–H and O–H groups in total. The van der Waals surface area contributed by atoms with Gasteiger partial charge in [-0.25, -0.2) is 9.86 Å². The van der Waals surface area contributed by atoms with Crippen molar-refractivity contribution in [1.82, 2.24) is 10.4 Å². The first-order valence-electron chi connectivity index (χ1n) is 9.18. The smallest absolute Gasteiger partial charge is 0.406 e. The van der Waals surface area contributed by atoms with Crippen LogP contribution in [0, 0.1) is 0 Å². The van der Waals surface area contributed by atoms with Crippen molar-refractivity contribution in [2.45, 2.75) is 70.3 Å². The van der Waals surface area contributed by atoms with Crippen molar-refractivity contribution in [1.29, 1.82) is 0 Å². The third kappa shape index (κ3) is 8.49. The minimum absolute atomic E-state index is 0.0367. The summed E-state index contributed by atoms with van der Waals surface area (Å²) in [6, 6.07) is 0.148. The third-order valence-corrected chi connectivity index (χ3v) is 4.25. The molecule has 1 aliphatic carbocycles. The van der Waals surface area contributed by atoms with Gasteiger partial charge in [-0.3, -0.25) is 9.63 Å². The lowest BCUT2D eigenvalue weighted by molar-refractivity contribution is -0.206. The van der Waals surface area contributed by atoms with E-state index >= 15 is 0 Å². The molecule has 1 fully saturated rings. The molecule has 2 amide bonds. The number of hydroxylamine groups is 2. The van der Waals surface area contributed by atoms with Crippen molar-refractivity contribution in [3.8, 4) is 0 Å². The van der Waals surface area contributed by atoms with Gasteiger partial charge < -0.3 is 15.8 Å². The summed E-state index contributed by atoms with van der Waals surface area (Å²) >= 11 is 0. The lowest BCUT2D eigenvalue weighted by Crippen LogP contribution is -2.42. The van der Waals surface area contributed by atoms with Gasteiger partial charge in [-0.2, -0.15) is 0 Å². The minimum atomic E-state index is -0.492. The van der Waals surface area contributed by atoms with E-state index in [9.17, 15) is 9.59 Å². The molecule has 7 nitrogen and oxygen atoms in total. The SMILES string of the molecule is CNC(=O)OCCON(C(=O)CCCCCCN)C1CCCCC1. The fourth-order valence-corrected chi connectivity index (χ4v) is 2.92. The second-order valence-electron chi connectivity index (χ2n) is 6.18. The van der Waals surface area contributed by atoms with E-state index < -0.39 is 6.09 Å². The van der Waals surface area contributed by atoms with Gasteiger partial charge in [-0.15, -0.1) is 0 Å². The summed E-state index contributed by atoms with van der Waals surface area (Å²) in [5.74, 6) is 0.0367. The predicted molar refractivity (Wildman–Crippen MR) is 92.2 cm³/mol. The molecule has 0 heterocycles. The summed E-state index contributed by atoms with van der Waals surface area (Å²) in [5, 5.41) is 3.93. The maximum absolute atomic E-state index is 12.5. The topological polar surface area (TPSA) is 93.9 Å². The summed E-state index contributed by atoms with van der Waals surface area (Å²) in [6.45, 7) is 1.03. The van der Waals surface area contributed by atoms with Gasteiger partial charge in [0.2, 0.25) is 5.91 Å². The molecule has 0 atom stereocenters. The average Bonchev–Trinajstić information content (AvgIpc) is 2.61. The Morgan fingerprint density at radius 1 is 1.08 bits per heavy atom. The quantitative estimate of drug-likeness (QED) is 0.443. The lowest BCUT2D eigenvalue weighted by Gasteiger charge is -2.33. The molecule has 0 aromatic carbocycles. The number of carbonyl (C=O) groups excluding carboxylic acids is 2. The number of unbranched alkanes of at least 4 members (excludes halogenated alkanes) is 3. The standard InChI is InChI=1S/C17H33N3O4/c1-19-17(22)23-13-14-24-20(15-9-5-4-6-10-15)16(21)11-7-2-3-8-12-18/h15H,2-14,18H2,1H3,(H,19,22). The van der Waals surface area contributed by atoms with Crippen LogP contribution >= 0.6 is 0 Å². The molecule has 0 aromatic rings. The van der Waals surface area contributed by atoms with Gasteiger partial charge in [-0.1, -0.05) is 32.1 Å². The van der Waals surface area contributed by atoms with Crippen LogP contribution in [0.4, 0.5) is 4.79 Å². The monoisotopic (exact) mass is 343 g/mol. The Balaban J connectivity index is 2.38. The van der Waals surface area contributed by atoms with Crippen molar-refractivity contribution >= 4 is 12.0 Å². The number of nitrogens with two attached hydrogens (primary N) is 1. The van der Waals surface area contributed by atoms with Crippen LogP contribution in [0.25, 0.3) is 0 Å². The second kappa shape index (κ2) is 13.0. The fourth-order valence-electron chi connectivity index (χ4n) is 2.92. The number of hydrogen-bond acceptors (Lipinski definition) is 5. The van der Waals surface area contributed by atoms with Crippen LogP contribution in [0.3, 0.4) is 0 Å². The van der Waals surface area contributed by atoms with Gasteiger partial charge in [0.05, 0.1) is 6.04 Å². The first-order valence-corrected chi connectivity index (χ1v) is 9.18. The zero-order valence-electron chi connectivity index (χ0n) is 14.9.